The Bertz CT molecular complexity index is 386. The summed E-state index contributed by atoms with van der Waals surface area (Å²) in [4.78, 5) is 14.2. The lowest BCUT2D eigenvalue weighted by molar-refractivity contribution is 0.0688. The van der Waals surface area contributed by atoms with Gasteiger partial charge >= 0.3 is 5.97 Å². The Morgan fingerprint density at radius 3 is 2.64 bits per heavy atom. The van der Waals surface area contributed by atoms with Gasteiger partial charge in [-0.15, -0.1) is 0 Å². The summed E-state index contributed by atoms with van der Waals surface area (Å²) < 4.78 is 24.9. The molecule has 0 aliphatic carbocycles. The molecule has 76 valence electrons. The second-order valence-corrected chi connectivity index (χ2v) is 4.19. The van der Waals surface area contributed by atoms with Crippen molar-refractivity contribution in [1.29, 1.82) is 0 Å². The first-order valence-corrected chi connectivity index (χ1v) is 5.18. The number of rotatable bonds is 2. The van der Waals surface area contributed by atoms with Crippen LogP contribution in [0.4, 0.5) is 8.78 Å². The Balaban J connectivity index is 3.40. The van der Waals surface area contributed by atoms with Gasteiger partial charge in [-0.1, -0.05) is 0 Å². The van der Waals surface area contributed by atoms with E-state index in [1.165, 1.54) is 0 Å². The van der Waals surface area contributed by atoms with Gasteiger partial charge in [-0.05, 0) is 44.6 Å². The minimum Gasteiger partial charge on any atom is -0.476 e. The summed E-state index contributed by atoms with van der Waals surface area (Å²) in [6.45, 7) is 0. The second-order valence-electron chi connectivity index (χ2n) is 2.30. The molecule has 0 aromatic carbocycles. The minimum atomic E-state index is -2.71. The van der Waals surface area contributed by atoms with Crippen molar-refractivity contribution in [1.82, 2.24) is 4.98 Å². The highest BCUT2D eigenvalue weighted by Gasteiger charge is 2.20. The Morgan fingerprint density at radius 1 is 1.64 bits per heavy atom. The maximum absolute atomic E-state index is 12.4. The Hall–Kier alpha value is -0.310. The smallest absolute Gasteiger partial charge is 0.355 e. The first-order chi connectivity index (χ1) is 6.43. The van der Waals surface area contributed by atoms with Crippen LogP contribution in [0.3, 0.4) is 0 Å². The van der Waals surface area contributed by atoms with E-state index in [0.29, 0.717) is 0 Å². The van der Waals surface area contributed by atoms with Gasteiger partial charge in [-0.25, -0.2) is 18.6 Å². The van der Waals surface area contributed by atoms with Crippen LogP contribution in [0.5, 0.6) is 0 Å². The number of carbonyl (C=O) groups is 1. The van der Waals surface area contributed by atoms with E-state index < -0.39 is 12.4 Å². The van der Waals surface area contributed by atoms with Crippen LogP contribution >= 0.6 is 38.5 Å². The average Bonchev–Trinajstić information content (AvgIpc) is 2.07. The maximum atomic E-state index is 12.4. The van der Waals surface area contributed by atoms with Gasteiger partial charge in [0.2, 0.25) is 0 Å². The molecule has 7 heteroatoms. The van der Waals surface area contributed by atoms with Gasteiger partial charge in [0, 0.05) is 5.56 Å². The molecule has 0 saturated heterocycles. The van der Waals surface area contributed by atoms with Gasteiger partial charge in [0.1, 0.15) is 4.60 Å². The minimum absolute atomic E-state index is 0.0340. The molecule has 0 unspecified atom stereocenters. The summed E-state index contributed by atoms with van der Waals surface area (Å²) in [6, 6.07) is 1.11. The molecule has 0 aliphatic rings. The number of hydrogen-bond donors (Lipinski definition) is 1. The van der Waals surface area contributed by atoms with Crippen molar-refractivity contribution in [2.75, 3.05) is 0 Å². The largest absolute Gasteiger partial charge is 0.476 e. The van der Waals surface area contributed by atoms with Crippen molar-refractivity contribution in [3.63, 3.8) is 0 Å². The molecule has 0 radical (unpaired) electrons. The number of aromatic carboxylic acids is 1. The van der Waals surface area contributed by atoms with E-state index in [2.05, 4.69) is 20.9 Å². The fourth-order valence-corrected chi connectivity index (χ4v) is 1.98. The zero-order chi connectivity index (χ0) is 10.9. The summed E-state index contributed by atoms with van der Waals surface area (Å²) in [5, 5.41) is 8.66. The van der Waals surface area contributed by atoms with E-state index in [4.69, 9.17) is 5.11 Å². The molecular formula is C7H3BrF2INO2. The fourth-order valence-electron chi connectivity index (χ4n) is 0.817. The molecule has 3 nitrogen and oxygen atoms in total. The summed E-state index contributed by atoms with van der Waals surface area (Å²) in [5.41, 5.74) is -0.694. The third kappa shape index (κ3) is 2.38. The fraction of sp³-hybridized carbons (Fsp3) is 0.143. The van der Waals surface area contributed by atoms with Crippen molar-refractivity contribution in [2.24, 2.45) is 0 Å². The van der Waals surface area contributed by atoms with Crippen molar-refractivity contribution >= 4 is 44.5 Å². The molecule has 0 bridgehead atoms. The van der Waals surface area contributed by atoms with E-state index in [9.17, 15) is 13.6 Å². The van der Waals surface area contributed by atoms with Gasteiger partial charge < -0.3 is 5.11 Å². The topological polar surface area (TPSA) is 50.2 Å². The third-order valence-electron chi connectivity index (χ3n) is 1.39. The molecule has 0 spiro atoms. The van der Waals surface area contributed by atoms with Crippen LogP contribution in [0.25, 0.3) is 0 Å². The summed E-state index contributed by atoms with van der Waals surface area (Å²) in [5.74, 6) is -1.32. The number of alkyl halides is 2. The molecule has 0 amide bonds. The van der Waals surface area contributed by atoms with Crippen LogP contribution in [0.1, 0.15) is 22.5 Å². The van der Waals surface area contributed by atoms with Crippen LogP contribution in [-0.2, 0) is 0 Å². The predicted octanol–water partition coefficient (Wildman–Crippen LogP) is 3.08. The lowest BCUT2D eigenvalue weighted by Crippen LogP contribution is -2.07. The Kier molecular flexibility index (Phi) is 3.76. The number of halogens is 4. The molecule has 1 aromatic heterocycles. The first-order valence-electron chi connectivity index (χ1n) is 3.31. The van der Waals surface area contributed by atoms with Crippen molar-refractivity contribution in [2.45, 2.75) is 6.43 Å². The lowest BCUT2D eigenvalue weighted by Gasteiger charge is -2.06. The number of hydrogen-bond acceptors (Lipinski definition) is 2. The van der Waals surface area contributed by atoms with E-state index in [-0.39, 0.29) is 19.4 Å². The van der Waals surface area contributed by atoms with E-state index >= 15 is 0 Å². The molecular weight excluding hydrogens is 375 g/mol. The standard InChI is InChI=1S/C7H3BrF2INO2/c8-3-1-2(6(9)10)4(11)5(12-3)7(13)14/h1,6H,(H,13,14). The summed E-state index contributed by atoms with van der Waals surface area (Å²) >= 11 is 4.42. The van der Waals surface area contributed by atoms with Gasteiger partial charge in [0.25, 0.3) is 6.43 Å². The molecule has 0 aliphatic heterocycles. The number of carboxylic acid groups (broad SMARTS) is 1. The lowest BCUT2D eigenvalue weighted by atomic mass is 10.2. The highest BCUT2D eigenvalue weighted by atomic mass is 127. The SMILES string of the molecule is O=C(O)c1nc(Br)cc(C(F)F)c1I. The van der Waals surface area contributed by atoms with Crippen LogP contribution in [0, 0.1) is 3.57 Å². The Morgan fingerprint density at radius 2 is 2.21 bits per heavy atom. The Labute approximate surface area is 99.8 Å². The van der Waals surface area contributed by atoms with Gasteiger partial charge in [0.05, 0.1) is 3.57 Å². The quantitative estimate of drug-likeness (QED) is 0.636. The third-order valence-corrected chi connectivity index (χ3v) is 2.93. The molecule has 14 heavy (non-hydrogen) atoms. The number of nitrogens with zero attached hydrogens (tertiary/aromatic N) is 1. The normalized spacial score (nSPS) is 10.6. The van der Waals surface area contributed by atoms with Crippen LogP contribution in [-0.4, -0.2) is 16.1 Å². The first kappa shape index (κ1) is 11.8. The second kappa shape index (κ2) is 4.47. The molecule has 1 aromatic rings. The van der Waals surface area contributed by atoms with Gasteiger partial charge in [-0.3, -0.25) is 0 Å². The van der Waals surface area contributed by atoms with Gasteiger partial charge in [-0.2, -0.15) is 0 Å². The van der Waals surface area contributed by atoms with E-state index in [0.717, 1.165) is 6.07 Å². The highest BCUT2D eigenvalue weighted by molar-refractivity contribution is 14.1. The molecule has 1 rings (SSSR count). The van der Waals surface area contributed by atoms with Crippen LogP contribution in [0.2, 0.25) is 0 Å². The van der Waals surface area contributed by atoms with Crippen molar-refractivity contribution < 1.29 is 18.7 Å². The molecule has 0 atom stereocenters. The predicted molar refractivity (Wildman–Crippen MR) is 56.6 cm³/mol. The molecule has 1 N–H and O–H groups in total. The van der Waals surface area contributed by atoms with E-state index in [1.807, 2.05) is 0 Å². The zero-order valence-electron chi connectivity index (χ0n) is 6.47. The zero-order valence-corrected chi connectivity index (χ0v) is 10.2. The van der Waals surface area contributed by atoms with Crippen molar-refractivity contribution in [3.05, 3.63) is 25.5 Å². The number of aromatic nitrogens is 1. The number of pyridine rings is 1. The number of carboxylic acids is 1. The summed E-state index contributed by atoms with van der Waals surface area (Å²) in [6.07, 6.45) is -2.71. The van der Waals surface area contributed by atoms with Crippen LogP contribution in [0.15, 0.2) is 10.7 Å². The monoisotopic (exact) mass is 377 g/mol. The molecule has 0 fully saturated rings. The molecule has 1 heterocycles. The van der Waals surface area contributed by atoms with Gasteiger partial charge in [0.15, 0.2) is 5.69 Å². The maximum Gasteiger partial charge on any atom is 0.355 e. The van der Waals surface area contributed by atoms with Crippen molar-refractivity contribution in [3.8, 4) is 0 Å². The van der Waals surface area contributed by atoms with E-state index in [1.54, 1.807) is 22.6 Å². The average molecular weight is 378 g/mol. The highest BCUT2D eigenvalue weighted by Crippen LogP contribution is 2.28. The molecule has 0 saturated carbocycles. The van der Waals surface area contributed by atoms with Crippen LogP contribution < -0.4 is 0 Å². The summed E-state index contributed by atoms with van der Waals surface area (Å²) in [7, 11) is 0.